The Labute approximate surface area is 179 Å². The van der Waals surface area contributed by atoms with Gasteiger partial charge in [0.2, 0.25) is 11.7 Å². The number of amides is 1. The van der Waals surface area contributed by atoms with Gasteiger partial charge in [-0.15, -0.1) is 0 Å². The van der Waals surface area contributed by atoms with E-state index in [9.17, 15) is 24.1 Å². The molecule has 160 valence electrons. The molecule has 0 unspecified atom stereocenters. The summed E-state index contributed by atoms with van der Waals surface area (Å²) in [5.41, 5.74) is 0.322. The summed E-state index contributed by atoms with van der Waals surface area (Å²) in [4.78, 5) is 38.0. The lowest BCUT2D eigenvalue weighted by Gasteiger charge is -2.07. The minimum absolute atomic E-state index is 0.0242. The van der Waals surface area contributed by atoms with E-state index in [0.29, 0.717) is 5.56 Å². The van der Waals surface area contributed by atoms with Crippen LogP contribution in [0, 0.1) is 15.9 Å². The van der Waals surface area contributed by atoms with Crippen molar-refractivity contribution in [2.75, 3.05) is 11.9 Å². The average Bonchev–Trinajstić information content (AvgIpc) is 3.21. The number of non-ortho nitro benzene ring substituents is 1. The summed E-state index contributed by atoms with van der Waals surface area (Å²) in [5.74, 6) is -1.39. The Kier molecular flexibility index (Phi) is 6.88. The van der Waals surface area contributed by atoms with E-state index < -0.39 is 29.2 Å². The van der Waals surface area contributed by atoms with E-state index in [1.165, 1.54) is 36.4 Å². The van der Waals surface area contributed by atoms with Crippen LogP contribution in [0.3, 0.4) is 0 Å². The van der Waals surface area contributed by atoms with Crippen molar-refractivity contribution in [3.05, 3.63) is 69.3 Å². The Hall–Kier alpha value is -3.86. The number of ether oxygens (including phenoxy) is 1. The van der Waals surface area contributed by atoms with Crippen molar-refractivity contribution >= 4 is 34.9 Å². The molecule has 2 aromatic carbocycles. The first-order chi connectivity index (χ1) is 14.8. The van der Waals surface area contributed by atoms with Crippen LogP contribution in [0.5, 0.6) is 0 Å². The molecule has 0 aliphatic carbocycles. The Morgan fingerprint density at radius 2 is 1.97 bits per heavy atom. The number of aromatic nitrogens is 2. The predicted molar refractivity (Wildman–Crippen MR) is 106 cm³/mol. The zero-order valence-electron chi connectivity index (χ0n) is 15.7. The monoisotopic (exact) mass is 448 g/mol. The van der Waals surface area contributed by atoms with Crippen molar-refractivity contribution < 1.29 is 28.2 Å². The topological polar surface area (TPSA) is 137 Å². The van der Waals surface area contributed by atoms with Crippen molar-refractivity contribution in [2.45, 2.75) is 12.8 Å². The maximum Gasteiger partial charge on any atom is 0.306 e. The van der Waals surface area contributed by atoms with Gasteiger partial charge in [0.1, 0.15) is 5.82 Å². The average molecular weight is 449 g/mol. The molecule has 0 radical (unpaired) electrons. The number of nitro groups is 1. The van der Waals surface area contributed by atoms with Crippen LogP contribution >= 0.6 is 11.6 Å². The van der Waals surface area contributed by atoms with Gasteiger partial charge in [-0.2, -0.15) is 4.98 Å². The summed E-state index contributed by atoms with van der Waals surface area (Å²) < 4.78 is 22.9. The standard InChI is InChI=1S/C19H14ClFN4O6/c20-14-6-5-13(25(28)29)9-15(14)22-16(26)10-30-18(27)8-7-17-23-19(24-31-17)11-1-3-12(21)4-2-11/h1-6,9H,7-8,10H2,(H,22,26). The first kappa shape index (κ1) is 21.8. The molecule has 3 rings (SSSR count). The second-order valence-corrected chi connectivity index (χ2v) is 6.56. The molecule has 1 amide bonds. The van der Waals surface area contributed by atoms with E-state index >= 15 is 0 Å². The fourth-order valence-electron chi connectivity index (χ4n) is 2.41. The van der Waals surface area contributed by atoms with Crippen molar-refractivity contribution in [3.8, 4) is 11.4 Å². The third kappa shape index (κ3) is 6.06. The molecule has 0 saturated carbocycles. The highest BCUT2D eigenvalue weighted by molar-refractivity contribution is 6.33. The smallest absolute Gasteiger partial charge is 0.306 e. The second-order valence-electron chi connectivity index (χ2n) is 6.15. The normalized spacial score (nSPS) is 10.5. The summed E-state index contributed by atoms with van der Waals surface area (Å²) in [5, 5.41) is 17.0. The van der Waals surface area contributed by atoms with Crippen LogP contribution in [0.15, 0.2) is 47.0 Å². The molecule has 1 N–H and O–H groups in total. The van der Waals surface area contributed by atoms with Crippen LogP contribution in [0.25, 0.3) is 11.4 Å². The number of anilines is 1. The van der Waals surface area contributed by atoms with Crippen molar-refractivity contribution in [1.29, 1.82) is 0 Å². The fraction of sp³-hybridized carbons (Fsp3) is 0.158. The Morgan fingerprint density at radius 1 is 1.23 bits per heavy atom. The van der Waals surface area contributed by atoms with Gasteiger partial charge < -0.3 is 14.6 Å². The number of aryl methyl sites for hydroxylation is 1. The lowest BCUT2D eigenvalue weighted by Crippen LogP contribution is -2.21. The number of carbonyl (C=O) groups is 2. The van der Waals surface area contributed by atoms with Crippen molar-refractivity contribution in [1.82, 2.24) is 10.1 Å². The molecule has 1 aromatic heterocycles. The van der Waals surface area contributed by atoms with Gasteiger partial charge in [0.25, 0.3) is 11.6 Å². The zero-order chi connectivity index (χ0) is 22.4. The molecular formula is C19H14ClFN4O6. The van der Waals surface area contributed by atoms with Gasteiger partial charge in [-0.05, 0) is 30.3 Å². The molecule has 0 saturated heterocycles. The number of benzene rings is 2. The van der Waals surface area contributed by atoms with Crippen molar-refractivity contribution in [2.24, 2.45) is 0 Å². The van der Waals surface area contributed by atoms with Gasteiger partial charge in [0.15, 0.2) is 6.61 Å². The number of nitrogens with one attached hydrogen (secondary N) is 1. The number of rotatable bonds is 8. The molecular weight excluding hydrogens is 435 g/mol. The number of nitrogens with zero attached hydrogens (tertiary/aromatic N) is 3. The third-order valence-electron chi connectivity index (χ3n) is 3.91. The van der Waals surface area contributed by atoms with E-state index in [0.717, 1.165) is 6.07 Å². The molecule has 12 heteroatoms. The molecule has 0 aliphatic rings. The number of nitro benzene ring substituents is 1. The number of hydrogen-bond acceptors (Lipinski definition) is 8. The largest absolute Gasteiger partial charge is 0.456 e. The Balaban J connectivity index is 1.46. The van der Waals surface area contributed by atoms with Crippen LogP contribution < -0.4 is 5.32 Å². The third-order valence-corrected chi connectivity index (χ3v) is 4.24. The summed E-state index contributed by atoms with van der Waals surface area (Å²) in [7, 11) is 0. The van der Waals surface area contributed by atoms with Gasteiger partial charge in [-0.25, -0.2) is 4.39 Å². The van der Waals surface area contributed by atoms with E-state index in [-0.39, 0.29) is 41.0 Å². The molecule has 0 aliphatic heterocycles. The number of carbonyl (C=O) groups excluding carboxylic acids is 2. The van der Waals surface area contributed by atoms with E-state index in [4.69, 9.17) is 20.9 Å². The lowest BCUT2D eigenvalue weighted by atomic mass is 10.2. The molecule has 0 spiro atoms. The number of hydrogen-bond donors (Lipinski definition) is 1. The van der Waals surface area contributed by atoms with Gasteiger partial charge in [-0.3, -0.25) is 19.7 Å². The van der Waals surface area contributed by atoms with Gasteiger partial charge in [-0.1, -0.05) is 16.8 Å². The van der Waals surface area contributed by atoms with E-state index in [2.05, 4.69) is 15.5 Å². The highest BCUT2D eigenvalue weighted by atomic mass is 35.5. The van der Waals surface area contributed by atoms with Crippen LogP contribution in [0.4, 0.5) is 15.8 Å². The summed E-state index contributed by atoms with van der Waals surface area (Å²) in [6.07, 6.45) is -0.0543. The SMILES string of the molecule is O=C(COC(=O)CCc1nc(-c2ccc(F)cc2)no1)Nc1cc([N+](=O)[O-])ccc1Cl. The highest BCUT2D eigenvalue weighted by Crippen LogP contribution is 2.26. The van der Waals surface area contributed by atoms with Crippen LogP contribution in [0.1, 0.15) is 12.3 Å². The maximum absolute atomic E-state index is 13.0. The lowest BCUT2D eigenvalue weighted by molar-refractivity contribution is -0.384. The molecule has 10 nitrogen and oxygen atoms in total. The van der Waals surface area contributed by atoms with Crippen LogP contribution in [-0.4, -0.2) is 33.5 Å². The minimum Gasteiger partial charge on any atom is -0.456 e. The maximum atomic E-state index is 13.0. The second kappa shape index (κ2) is 9.76. The summed E-state index contributed by atoms with van der Waals surface area (Å²) >= 11 is 5.89. The fourth-order valence-corrected chi connectivity index (χ4v) is 2.57. The summed E-state index contributed by atoms with van der Waals surface area (Å²) in [6.45, 7) is -0.609. The van der Waals surface area contributed by atoms with Crippen molar-refractivity contribution in [3.63, 3.8) is 0 Å². The molecule has 0 fully saturated rings. The van der Waals surface area contributed by atoms with Gasteiger partial charge in [0, 0.05) is 24.1 Å². The highest BCUT2D eigenvalue weighted by Gasteiger charge is 2.15. The van der Waals surface area contributed by atoms with Crippen LogP contribution in [0.2, 0.25) is 5.02 Å². The molecule has 3 aromatic rings. The van der Waals surface area contributed by atoms with Crippen LogP contribution in [-0.2, 0) is 20.7 Å². The Bertz CT molecular complexity index is 1120. The predicted octanol–water partition coefficient (Wildman–Crippen LogP) is 3.55. The quantitative estimate of drug-likeness (QED) is 0.313. The summed E-state index contributed by atoms with van der Waals surface area (Å²) in [6, 6.07) is 9.05. The zero-order valence-corrected chi connectivity index (χ0v) is 16.5. The van der Waals surface area contributed by atoms with E-state index in [1.54, 1.807) is 0 Å². The molecule has 31 heavy (non-hydrogen) atoms. The molecule has 0 bridgehead atoms. The van der Waals surface area contributed by atoms with E-state index in [1.807, 2.05) is 0 Å². The molecule has 1 heterocycles. The Morgan fingerprint density at radius 3 is 2.68 bits per heavy atom. The number of halogens is 2. The van der Waals surface area contributed by atoms with Gasteiger partial charge in [0.05, 0.1) is 22.1 Å². The first-order valence-corrected chi connectivity index (χ1v) is 9.17. The first-order valence-electron chi connectivity index (χ1n) is 8.80. The van der Waals surface area contributed by atoms with Gasteiger partial charge >= 0.3 is 5.97 Å². The molecule has 0 atom stereocenters. The minimum atomic E-state index is -0.716. The number of esters is 1.